The lowest BCUT2D eigenvalue weighted by Crippen LogP contribution is -2.32. The molecule has 1 unspecified atom stereocenters. The summed E-state index contributed by atoms with van der Waals surface area (Å²) in [5, 5.41) is 5.86. The lowest BCUT2D eigenvalue weighted by atomic mass is 10.0. The van der Waals surface area contributed by atoms with Gasteiger partial charge in [-0.25, -0.2) is 0 Å². The maximum atomic E-state index is 3.69. The average molecular weight is 352 g/mol. The van der Waals surface area contributed by atoms with Crippen LogP contribution in [0.4, 0.5) is 0 Å². The maximum Gasteiger partial charge on any atom is 0.0285 e. The van der Waals surface area contributed by atoms with Gasteiger partial charge in [-0.2, -0.15) is 0 Å². The quantitative estimate of drug-likeness (QED) is 0.701. The number of aryl methyl sites for hydroxylation is 1. The molecule has 0 saturated carbocycles. The Hall–Kier alpha value is -0.640. The number of benzene rings is 1. The normalized spacial score (nSPS) is 12.5. The van der Waals surface area contributed by atoms with Crippen molar-refractivity contribution in [2.45, 2.75) is 38.6 Å². The van der Waals surface area contributed by atoms with E-state index in [2.05, 4.69) is 69.9 Å². The van der Waals surface area contributed by atoms with Crippen molar-refractivity contribution in [3.63, 3.8) is 0 Å². The molecule has 0 aliphatic rings. The Bertz CT molecular complexity index is 495. The van der Waals surface area contributed by atoms with Crippen molar-refractivity contribution in [2.24, 2.45) is 0 Å². The molecule has 0 aliphatic carbocycles. The Morgan fingerprint density at radius 3 is 2.70 bits per heavy atom. The van der Waals surface area contributed by atoms with Gasteiger partial charge in [0.25, 0.3) is 0 Å². The summed E-state index contributed by atoms with van der Waals surface area (Å²) in [4.78, 5) is 1.46. The van der Waals surface area contributed by atoms with E-state index in [1.54, 1.807) is 0 Å². The first kappa shape index (κ1) is 15.7. The highest BCUT2D eigenvalue weighted by molar-refractivity contribution is 9.10. The fraction of sp³-hybridized carbons (Fsp3) is 0.412. The predicted octanol–water partition coefficient (Wildman–Crippen LogP) is 5.05. The lowest BCUT2D eigenvalue weighted by molar-refractivity contribution is 0.480. The van der Waals surface area contributed by atoms with Gasteiger partial charge < -0.3 is 5.32 Å². The number of rotatable bonds is 8. The third kappa shape index (κ3) is 5.39. The second kappa shape index (κ2) is 8.60. The molecule has 2 aromatic rings. The van der Waals surface area contributed by atoms with E-state index in [0.717, 1.165) is 19.4 Å². The van der Waals surface area contributed by atoms with Crippen LogP contribution in [0.25, 0.3) is 0 Å². The Morgan fingerprint density at radius 2 is 2.05 bits per heavy atom. The highest BCUT2D eigenvalue weighted by atomic mass is 79.9. The van der Waals surface area contributed by atoms with Crippen molar-refractivity contribution >= 4 is 27.3 Å². The van der Waals surface area contributed by atoms with Gasteiger partial charge in [-0.3, -0.25) is 0 Å². The van der Waals surface area contributed by atoms with E-state index in [9.17, 15) is 0 Å². The van der Waals surface area contributed by atoms with Crippen molar-refractivity contribution in [2.75, 3.05) is 6.54 Å². The molecule has 3 heteroatoms. The molecule has 0 fully saturated rings. The van der Waals surface area contributed by atoms with Gasteiger partial charge >= 0.3 is 0 Å². The van der Waals surface area contributed by atoms with Gasteiger partial charge in [-0.05, 0) is 59.8 Å². The summed E-state index contributed by atoms with van der Waals surface area (Å²) in [6.07, 6.45) is 4.66. The van der Waals surface area contributed by atoms with Crippen LogP contribution in [0.3, 0.4) is 0 Å². The van der Waals surface area contributed by atoms with Crippen LogP contribution >= 0.6 is 27.3 Å². The van der Waals surface area contributed by atoms with Crippen LogP contribution in [0.1, 0.15) is 30.2 Å². The minimum absolute atomic E-state index is 0.570. The van der Waals surface area contributed by atoms with Crippen molar-refractivity contribution in [3.05, 3.63) is 56.7 Å². The molecule has 1 heterocycles. The maximum absolute atomic E-state index is 3.69. The van der Waals surface area contributed by atoms with Crippen molar-refractivity contribution in [3.8, 4) is 0 Å². The average Bonchev–Trinajstić information content (AvgIpc) is 2.88. The summed E-state index contributed by atoms with van der Waals surface area (Å²) >= 11 is 5.39. The topological polar surface area (TPSA) is 12.0 Å². The predicted molar refractivity (Wildman–Crippen MR) is 92.6 cm³/mol. The van der Waals surface area contributed by atoms with E-state index < -0.39 is 0 Å². The molecule has 0 radical (unpaired) electrons. The minimum Gasteiger partial charge on any atom is -0.314 e. The first-order chi connectivity index (χ1) is 9.78. The second-order valence-electron chi connectivity index (χ2n) is 5.11. The lowest BCUT2D eigenvalue weighted by Gasteiger charge is -2.18. The third-order valence-corrected chi connectivity index (χ3v) is 5.10. The molecule has 20 heavy (non-hydrogen) atoms. The molecule has 108 valence electrons. The van der Waals surface area contributed by atoms with E-state index in [1.165, 1.54) is 27.8 Å². The highest BCUT2D eigenvalue weighted by Gasteiger charge is 2.10. The summed E-state index contributed by atoms with van der Waals surface area (Å²) in [5.41, 5.74) is 1.43. The van der Waals surface area contributed by atoms with Gasteiger partial charge in [-0.1, -0.05) is 37.3 Å². The Labute approximate surface area is 134 Å². The fourth-order valence-electron chi connectivity index (χ4n) is 2.31. The van der Waals surface area contributed by atoms with Gasteiger partial charge in [0.1, 0.15) is 0 Å². The molecular weight excluding hydrogens is 330 g/mol. The fourth-order valence-corrected chi connectivity index (χ4v) is 3.85. The largest absolute Gasteiger partial charge is 0.314 e. The van der Waals surface area contributed by atoms with Crippen molar-refractivity contribution < 1.29 is 0 Å². The Kier molecular flexibility index (Phi) is 6.77. The van der Waals surface area contributed by atoms with Gasteiger partial charge in [0.2, 0.25) is 0 Å². The molecule has 1 N–H and O–H groups in total. The number of halogens is 1. The number of nitrogens with one attached hydrogen (secondary N) is 1. The summed E-state index contributed by atoms with van der Waals surface area (Å²) in [7, 11) is 0. The second-order valence-corrected chi connectivity index (χ2v) is 7.02. The van der Waals surface area contributed by atoms with Gasteiger partial charge in [0, 0.05) is 20.8 Å². The summed E-state index contributed by atoms with van der Waals surface area (Å²) in [5.74, 6) is 0. The van der Waals surface area contributed by atoms with E-state index in [-0.39, 0.29) is 0 Å². The first-order valence-electron chi connectivity index (χ1n) is 7.28. The smallest absolute Gasteiger partial charge is 0.0285 e. The number of thiophene rings is 1. The van der Waals surface area contributed by atoms with E-state index in [0.29, 0.717) is 6.04 Å². The van der Waals surface area contributed by atoms with Crippen LogP contribution in [0.15, 0.2) is 46.3 Å². The molecule has 0 spiro atoms. The van der Waals surface area contributed by atoms with E-state index in [1.807, 2.05) is 11.3 Å². The van der Waals surface area contributed by atoms with E-state index in [4.69, 9.17) is 0 Å². The first-order valence-corrected chi connectivity index (χ1v) is 8.95. The molecule has 1 aromatic carbocycles. The highest BCUT2D eigenvalue weighted by Crippen LogP contribution is 2.22. The molecule has 1 aromatic heterocycles. The minimum atomic E-state index is 0.570. The standard InChI is InChI=1S/C17H22BrNS/c1-2-10-19-16(12-17-11-15(18)13-20-17)9-8-14-6-4-3-5-7-14/h3-7,11,13,16,19H,2,8-10,12H2,1H3. The zero-order valence-corrected chi connectivity index (χ0v) is 14.3. The van der Waals surface area contributed by atoms with Crippen LogP contribution in [0, 0.1) is 0 Å². The Balaban J connectivity index is 1.89. The zero-order valence-electron chi connectivity index (χ0n) is 11.9. The number of hydrogen-bond acceptors (Lipinski definition) is 2. The van der Waals surface area contributed by atoms with E-state index >= 15 is 0 Å². The molecule has 0 saturated heterocycles. The summed E-state index contributed by atoms with van der Waals surface area (Å²) in [6.45, 7) is 3.33. The van der Waals surface area contributed by atoms with Gasteiger partial charge in [0.05, 0.1) is 0 Å². The van der Waals surface area contributed by atoms with Crippen LogP contribution in [0.5, 0.6) is 0 Å². The molecule has 2 rings (SSSR count). The monoisotopic (exact) mass is 351 g/mol. The van der Waals surface area contributed by atoms with Gasteiger partial charge in [0.15, 0.2) is 0 Å². The van der Waals surface area contributed by atoms with Crippen molar-refractivity contribution in [1.82, 2.24) is 5.32 Å². The Morgan fingerprint density at radius 1 is 1.25 bits per heavy atom. The van der Waals surface area contributed by atoms with Crippen LogP contribution in [0.2, 0.25) is 0 Å². The third-order valence-electron chi connectivity index (χ3n) is 3.38. The van der Waals surface area contributed by atoms with Crippen LogP contribution in [-0.4, -0.2) is 12.6 Å². The zero-order chi connectivity index (χ0) is 14.2. The van der Waals surface area contributed by atoms with Crippen molar-refractivity contribution in [1.29, 1.82) is 0 Å². The molecule has 1 atom stereocenters. The molecule has 0 amide bonds. The molecule has 0 aliphatic heterocycles. The van der Waals surface area contributed by atoms with Crippen LogP contribution in [-0.2, 0) is 12.8 Å². The van der Waals surface area contributed by atoms with Gasteiger partial charge in [-0.15, -0.1) is 11.3 Å². The SMILES string of the molecule is CCCNC(CCc1ccccc1)Cc1cc(Br)cs1. The summed E-state index contributed by atoms with van der Waals surface area (Å²) in [6, 6.07) is 13.6. The molecule has 0 bridgehead atoms. The summed E-state index contributed by atoms with van der Waals surface area (Å²) < 4.78 is 1.20. The molecule has 1 nitrogen and oxygen atoms in total. The molecular formula is C17H22BrNS. The number of hydrogen-bond donors (Lipinski definition) is 1. The van der Waals surface area contributed by atoms with Crippen LogP contribution < -0.4 is 5.32 Å².